The summed E-state index contributed by atoms with van der Waals surface area (Å²) >= 11 is 6.31. The van der Waals surface area contributed by atoms with Crippen LogP contribution in [-0.2, 0) is 0 Å². The summed E-state index contributed by atoms with van der Waals surface area (Å²) in [6.07, 6.45) is 7.11. The minimum Gasteiger partial charge on any atom is -0.481 e. The van der Waals surface area contributed by atoms with Gasteiger partial charge in [0, 0.05) is 17.8 Å². The molecular weight excluding hydrogens is 342 g/mol. The second kappa shape index (κ2) is 10.7. The van der Waals surface area contributed by atoms with Gasteiger partial charge in [-0.05, 0) is 62.8 Å². The van der Waals surface area contributed by atoms with E-state index in [2.05, 4.69) is 58.7 Å². The first-order chi connectivity index (χ1) is 12.3. The molecule has 0 spiro atoms. The maximum Gasteiger partial charge on any atom is 0.148 e. The SMILES string of the molecule is C=C(NC)C(CCC)(CCC)Oc1ccc(Cl)cc1C(C)C/C(C)=C/C. The molecule has 1 aromatic rings. The van der Waals surface area contributed by atoms with Crippen molar-refractivity contribution in [3.63, 3.8) is 0 Å². The Bertz CT molecular complexity index is 615. The van der Waals surface area contributed by atoms with Crippen LogP contribution in [0.4, 0.5) is 0 Å². The van der Waals surface area contributed by atoms with Gasteiger partial charge < -0.3 is 10.1 Å². The van der Waals surface area contributed by atoms with Crippen molar-refractivity contribution in [2.45, 2.75) is 78.2 Å². The van der Waals surface area contributed by atoms with Crippen LogP contribution >= 0.6 is 11.6 Å². The molecule has 0 aliphatic heterocycles. The van der Waals surface area contributed by atoms with Crippen LogP contribution in [0.2, 0.25) is 5.02 Å². The minimum absolute atomic E-state index is 0.337. The topological polar surface area (TPSA) is 21.3 Å². The lowest BCUT2D eigenvalue weighted by atomic mass is 9.88. The van der Waals surface area contributed by atoms with Crippen molar-refractivity contribution in [3.05, 3.63) is 52.7 Å². The summed E-state index contributed by atoms with van der Waals surface area (Å²) in [7, 11) is 1.92. The second-order valence-electron chi connectivity index (χ2n) is 7.25. The van der Waals surface area contributed by atoms with Gasteiger partial charge in [-0.3, -0.25) is 0 Å². The summed E-state index contributed by atoms with van der Waals surface area (Å²) in [5.74, 6) is 1.26. The molecule has 0 bridgehead atoms. The average molecular weight is 378 g/mol. The molecule has 146 valence electrons. The van der Waals surface area contributed by atoms with Crippen LogP contribution in [-0.4, -0.2) is 12.6 Å². The van der Waals surface area contributed by atoms with Gasteiger partial charge in [0.15, 0.2) is 0 Å². The van der Waals surface area contributed by atoms with Crippen LogP contribution in [0.1, 0.15) is 78.2 Å². The molecule has 0 saturated heterocycles. The van der Waals surface area contributed by atoms with E-state index in [1.54, 1.807) is 0 Å². The fourth-order valence-electron chi connectivity index (χ4n) is 3.54. The second-order valence-corrected chi connectivity index (χ2v) is 7.68. The molecule has 0 fully saturated rings. The highest BCUT2D eigenvalue weighted by Crippen LogP contribution is 2.38. The molecule has 0 aliphatic rings. The third-order valence-corrected chi connectivity index (χ3v) is 5.32. The molecule has 3 heteroatoms. The van der Waals surface area contributed by atoms with E-state index < -0.39 is 5.60 Å². The summed E-state index contributed by atoms with van der Waals surface area (Å²) < 4.78 is 6.72. The molecular formula is C23H36ClNO. The molecule has 0 aromatic heterocycles. The number of rotatable bonds is 11. The number of hydrogen-bond acceptors (Lipinski definition) is 2. The fraction of sp³-hybridized carbons (Fsp3) is 0.565. The van der Waals surface area contributed by atoms with Crippen molar-refractivity contribution in [1.29, 1.82) is 0 Å². The smallest absolute Gasteiger partial charge is 0.148 e. The number of nitrogens with one attached hydrogen (secondary N) is 1. The highest BCUT2D eigenvalue weighted by atomic mass is 35.5. The van der Waals surface area contributed by atoms with Crippen molar-refractivity contribution < 1.29 is 4.74 Å². The Labute approximate surface area is 165 Å². The van der Waals surface area contributed by atoms with Crippen LogP contribution < -0.4 is 10.1 Å². The van der Waals surface area contributed by atoms with Gasteiger partial charge in [-0.2, -0.15) is 0 Å². The van der Waals surface area contributed by atoms with Gasteiger partial charge >= 0.3 is 0 Å². The lowest BCUT2D eigenvalue weighted by Crippen LogP contribution is -2.42. The van der Waals surface area contributed by atoms with E-state index in [9.17, 15) is 0 Å². The number of hydrogen-bond donors (Lipinski definition) is 1. The summed E-state index contributed by atoms with van der Waals surface area (Å²) in [6.45, 7) is 15.1. The van der Waals surface area contributed by atoms with E-state index in [1.165, 1.54) is 11.1 Å². The molecule has 0 saturated carbocycles. The average Bonchev–Trinajstić information content (AvgIpc) is 2.62. The minimum atomic E-state index is -0.393. The van der Waals surface area contributed by atoms with Crippen LogP contribution in [0, 0.1) is 0 Å². The standard InChI is InChI=1S/C23H36ClNO/c1-8-13-23(14-9-2,19(6)25-7)26-22-12-11-20(24)16-21(22)18(5)15-17(4)10-3/h10-12,16,18,25H,6,8-9,13-15H2,1-5,7H3/b17-10+. The molecule has 2 nitrogen and oxygen atoms in total. The van der Waals surface area contributed by atoms with E-state index >= 15 is 0 Å². The predicted molar refractivity (Wildman–Crippen MR) is 115 cm³/mol. The first kappa shape index (κ1) is 22.6. The number of benzene rings is 1. The Morgan fingerprint density at radius 2 is 1.92 bits per heavy atom. The number of halogens is 1. The predicted octanol–water partition coefficient (Wildman–Crippen LogP) is 7.25. The van der Waals surface area contributed by atoms with Gasteiger partial charge in [0.2, 0.25) is 0 Å². The molecule has 0 radical (unpaired) electrons. The number of ether oxygens (including phenoxy) is 1. The van der Waals surface area contributed by atoms with Gasteiger partial charge in [0.1, 0.15) is 11.4 Å². The van der Waals surface area contributed by atoms with Crippen LogP contribution in [0.5, 0.6) is 5.75 Å². The maximum absolute atomic E-state index is 6.72. The Hall–Kier alpha value is -1.41. The van der Waals surface area contributed by atoms with Gasteiger partial charge in [-0.25, -0.2) is 0 Å². The Balaban J connectivity index is 3.32. The Morgan fingerprint density at radius 1 is 1.31 bits per heavy atom. The highest BCUT2D eigenvalue weighted by Gasteiger charge is 2.34. The van der Waals surface area contributed by atoms with E-state index in [0.717, 1.165) is 48.6 Å². The van der Waals surface area contributed by atoms with Crippen molar-refractivity contribution in [3.8, 4) is 5.75 Å². The zero-order chi connectivity index (χ0) is 19.7. The first-order valence-corrected chi connectivity index (χ1v) is 10.2. The van der Waals surface area contributed by atoms with Crippen molar-refractivity contribution >= 4 is 11.6 Å². The zero-order valence-corrected chi connectivity index (χ0v) is 18.2. The lowest BCUT2D eigenvalue weighted by Gasteiger charge is -2.37. The van der Waals surface area contributed by atoms with Crippen LogP contribution in [0.3, 0.4) is 0 Å². The molecule has 0 aliphatic carbocycles. The van der Waals surface area contributed by atoms with Crippen molar-refractivity contribution in [2.24, 2.45) is 0 Å². The first-order valence-electron chi connectivity index (χ1n) is 9.80. The summed E-state index contributed by atoms with van der Waals surface area (Å²) in [4.78, 5) is 0. The van der Waals surface area contributed by atoms with E-state index in [1.807, 2.05) is 19.2 Å². The molecule has 1 rings (SSSR count). The third kappa shape index (κ3) is 5.81. The van der Waals surface area contributed by atoms with Gasteiger partial charge in [-0.15, -0.1) is 0 Å². The molecule has 26 heavy (non-hydrogen) atoms. The molecule has 0 heterocycles. The van der Waals surface area contributed by atoms with Crippen LogP contribution in [0.25, 0.3) is 0 Å². The van der Waals surface area contributed by atoms with E-state index in [0.29, 0.717) is 5.92 Å². The zero-order valence-electron chi connectivity index (χ0n) is 17.4. The number of allylic oxidation sites excluding steroid dienone is 2. The normalized spacial score (nSPS) is 13.4. The van der Waals surface area contributed by atoms with Gasteiger partial charge in [0.25, 0.3) is 0 Å². The molecule has 0 amide bonds. The molecule has 1 N–H and O–H groups in total. The maximum atomic E-state index is 6.72. The Kier molecular flexibility index (Phi) is 9.29. The Morgan fingerprint density at radius 3 is 2.42 bits per heavy atom. The summed E-state index contributed by atoms with van der Waals surface area (Å²) in [5.41, 5.74) is 3.09. The summed E-state index contributed by atoms with van der Waals surface area (Å²) in [6, 6.07) is 5.98. The lowest BCUT2D eigenvalue weighted by molar-refractivity contribution is 0.0786. The quantitative estimate of drug-likeness (QED) is 0.410. The monoisotopic (exact) mass is 377 g/mol. The summed E-state index contributed by atoms with van der Waals surface area (Å²) in [5, 5.41) is 3.99. The van der Waals surface area contributed by atoms with E-state index in [4.69, 9.17) is 16.3 Å². The largest absolute Gasteiger partial charge is 0.481 e. The van der Waals surface area contributed by atoms with Gasteiger partial charge in [-0.1, -0.05) is 63.4 Å². The van der Waals surface area contributed by atoms with E-state index in [-0.39, 0.29) is 0 Å². The fourth-order valence-corrected chi connectivity index (χ4v) is 3.73. The van der Waals surface area contributed by atoms with Gasteiger partial charge in [0.05, 0.1) is 0 Å². The number of likely N-dealkylation sites (N-methyl/N-ethyl adjacent to an activating group) is 1. The van der Waals surface area contributed by atoms with Crippen molar-refractivity contribution in [1.82, 2.24) is 5.32 Å². The molecule has 1 aromatic carbocycles. The highest BCUT2D eigenvalue weighted by molar-refractivity contribution is 6.30. The van der Waals surface area contributed by atoms with Crippen LogP contribution in [0.15, 0.2) is 42.1 Å². The third-order valence-electron chi connectivity index (χ3n) is 5.09. The van der Waals surface area contributed by atoms with Crippen molar-refractivity contribution in [2.75, 3.05) is 7.05 Å². The molecule has 1 atom stereocenters. The molecule has 1 unspecified atom stereocenters.